The number of ether oxygens (including phenoxy) is 2. The Kier molecular flexibility index (Phi) is 4.78. The summed E-state index contributed by atoms with van der Waals surface area (Å²) in [6, 6.07) is 16.3. The van der Waals surface area contributed by atoms with Gasteiger partial charge in [-0.15, -0.1) is 0 Å². The highest BCUT2D eigenvalue weighted by molar-refractivity contribution is 9.10. The van der Waals surface area contributed by atoms with E-state index in [1.165, 1.54) is 0 Å². The highest BCUT2D eigenvalue weighted by Crippen LogP contribution is 2.27. The second-order valence-electron chi connectivity index (χ2n) is 4.51. The van der Waals surface area contributed by atoms with Gasteiger partial charge in [-0.1, -0.05) is 31.9 Å². The molecule has 0 radical (unpaired) electrons. The summed E-state index contributed by atoms with van der Waals surface area (Å²) in [7, 11) is 0. The zero-order valence-corrected chi connectivity index (χ0v) is 14.9. The third-order valence-electron chi connectivity index (χ3n) is 2.77. The first-order valence-electron chi connectivity index (χ1n) is 6.60. The van der Waals surface area contributed by atoms with Crippen molar-refractivity contribution in [1.29, 1.82) is 0 Å². The van der Waals surface area contributed by atoms with E-state index in [-0.39, 0.29) is 5.95 Å². The predicted octanol–water partition coefficient (Wildman–Crippen LogP) is 5.17. The summed E-state index contributed by atoms with van der Waals surface area (Å²) < 4.78 is 13.3. The number of nitrogens with two attached hydrogens (primary N) is 1. The lowest BCUT2D eigenvalue weighted by atomic mass is 10.3. The molecule has 1 aromatic heterocycles. The molecule has 0 bridgehead atoms. The van der Waals surface area contributed by atoms with Crippen molar-refractivity contribution in [3.63, 3.8) is 0 Å². The van der Waals surface area contributed by atoms with E-state index >= 15 is 0 Å². The van der Waals surface area contributed by atoms with Gasteiger partial charge in [-0.25, -0.2) is 0 Å². The van der Waals surface area contributed by atoms with Gasteiger partial charge in [0.1, 0.15) is 11.5 Å². The zero-order chi connectivity index (χ0) is 16.2. The molecule has 3 aromatic rings. The number of benzene rings is 2. The number of rotatable bonds is 4. The maximum absolute atomic E-state index is 5.72. The Labute approximate surface area is 149 Å². The molecule has 0 unspecified atom stereocenters. The van der Waals surface area contributed by atoms with Crippen molar-refractivity contribution < 1.29 is 9.47 Å². The van der Waals surface area contributed by atoms with E-state index in [0.29, 0.717) is 23.3 Å². The third-order valence-corrected chi connectivity index (χ3v) is 3.83. The molecular formula is C16H11Br2N3O2. The van der Waals surface area contributed by atoms with Gasteiger partial charge >= 0.3 is 0 Å². The molecule has 2 N–H and O–H groups in total. The van der Waals surface area contributed by atoms with E-state index in [0.717, 1.165) is 8.95 Å². The lowest BCUT2D eigenvalue weighted by Gasteiger charge is -2.09. The Hall–Kier alpha value is -2.12. The first kappa shape index (κ1) is 15.8. The van der Waals surface area contributed by atoms with Crippen molar-refractivity contribution in [2.45, 2.75) is 0 Å². The minimum Gasteiger partial charge on any atom is -0.439 e. The van der Waals surface area contributed by atoms with E-state index in [4.69, 9.17) is 15.2 Å². The summed E-state index contributed by atoms with van der Waals surface area (Å²) in [6.45, 7) is 0. The first-order chi connectivity index (χ1) is 11.1. The lowest BCUT2D eigenvalue weighted by molar-refractivity contribution is 0.435. The largest absolute Gasteiger partial charge is 0.439 e. The van der Waals surface area contributed by atoms with Gasteiger partial charge < -0.3 is 15.2 Å². The molecule has 2 aromatic carbocycles. The van der Waals surface area contributed by atoms with Crippen LogP contribution in [0.4, 0.5) is 5.95 Å². The number of nitrogens with zero attached hydrogens (tertiary/aromatic N) is 2. The second-order valence-corrected chi connectivity index (χ2v) is 6.35. The highest BCUT2D eigenvalue weighted by Gasteiger charge is 2.07. The summed E-state index contributed by atoms with van der Waals surface area (Å²) >= 11 is 6.74. The van der Waals surface area contributed by atoms with Crippen molar-refractivity contribution in [2.75, 3.05) is 5.73 Å². The van der Waals surface area contributed by atoms with Crippen LogP contribution in [0.3, 0.4) is 0 Å². The van der Waals surface area contributed by atoms with Gasteiger partial charge in [-0.2, -0.15) is 9.97 Å². The maximum Gasteiger partial charge on any atom is 0.227 e. The third kappa shape index (κ3) is 4.43. The van der Waals surface area contributed by atoms with Gasteiger partial charge in [0, 0.05) is 8.95 Å². The number of anilines is 1. The molecule has 116 valence electrons. The molecular weight excluding hydrogens is 426 g/mol. The zero-order valence-electron chi connectivity index (χ0n) is 11.7. The van der Waals surface area contributed by atoms with E-state index in [1.54, 1.807) is 6.07 Å². The Morgan fingerprint density at radius 1 is 0.696 bits per heavy atom. The van der Waals surface area contributed by atoms with Crippen LogP contribution in [0.1, 0.15) is 0 Å². The second kappa shape index (κ2) is 6.97. The van der Waals surface area contributed by atoms with E-state index in [1.807, 2.05) is 48.5 Å². The molecule has 1 heterocycles. The lowest BCUT2D eigenvalue weighted by Crippen LogP contribution is -1.99. The van der Waals surface area contributed by atoms with Gasteiger partial charge in [0.2, 0.25) is 17.7 Å². The number of aromatic nitrogens is 2. The Morgan fingerprint density at radius 3 is 1.48 bits per heavy atom. The summed E-state index contributed by atoms with van der Waals surface area (Å²) in [5.41, 5.74) is 5.72. The molecule has 0 aliphatic carbocycles. The Morgan fingerprint density at radius 2 is 1.09 bits per heavy atom. The van der Waals surface area contributed by atoms with Crippen LogP contribution in [0.25, 0.3) is 0 Å². The molecule has 0 amide bonds. The van der Waals surface area contributed by atoms with Crippen molar-refractivity contribution in [3.8, 4) is 23.3 Å². The van der Waals surface area contributed by atoms with E-state index < -0.39 is 0 Å². The fourth-order valence-electron chi connectivity index (χ4n) is 1.77. The normalized spacial score (nSPS) is 10.3. The van der Waals surface area contributed by atoms with Gasteiger partial charge in [-0.05, 0) is 48.5 Å². The molecule has 0 fully saturated rings. The molecule has 0 aliphatic rings. The van der Waals surface area contributed by atoms with Crippen LogP contribution in [-0.4, -0.2) is 9.97 Å². The molecule has 0 saturated carbocycles. The van der Waals surface area contributed by atoms with Crippen molar-refractivity contribution in [2.24, 2.45) is 0 Å². The minimum absolute atomic E-state index is 0.0757. The van der Waals surface area contributed by atoms with Gasteiger partial charge in [-0.3, -0.25) is 0 Å². The standard InChI is InChI=1S/C16H11Br2N3O2/c17-10-1-5-12(6-2-10)22-14-9-15(21-16(19)20-14)23-13-7-3-11(18)4-8-13/h1-9H,(H2,19,20,21). The topological polar surface area (TPSA) is 70.3 Å². The summed E-state index contributed by atoms with van der Waals surface area (Å²) in [5.74, 6) is 1.98. The van der Waals surface area contributed by atoms with E-state index in [2.05, 4.69) is 41.8 Å². The Balaban J connectivity index is 1.81. The quantitative estimate of drug-likeness (QED) is 0.610. The highest BCUT2D eigenvalue weighted by atomic mass is 79.9. The fourth-order valence-corrected chi connectivity index (χ4v) is 2.30. The minimum atomic E-state index is 0.0757. The average Bonchev–Trinajstić information content (AvgIpc) is 2.51. The smallest absolute Gasteiger partial charge is 0.227 e. The van der Waals surface area contributed by atoms with Crippen LogP contribution in [0.2, 0.25) is 0 Å². The molecule has 7 heteroatoms. The monoisotopic (exact) mass is 435 g/mol. The van der Waals surface area contributed by atoms with Crippen molar-refractivity contribution >= 4 is 37.8 Å². The number of hydrogen-bond donors (Lipinski definition) is 1. The fraction of sp³-hybridized carbons (Fsp3) is 0. The average molecular weight is 437 g/mol. The van der Waals surface area contributed by atoms with Crippen LogP contribution in [0.15, 0.2) is 63.5 Å². The van der Waals surface area contributed by atoms with Crippen LogP contribution in [-0.2, 0) is 0 Å². The molecule has 0 saturated heterocycles. The molecule has 0 atom stereocenters. The first-order valence-corrected chi connectivity index (χ1v) is 8.18. The summed E-state index contributed by atoms with van der Waals surface area (Å²) in [6.07, 6.45) is 0. The molecule has 3 rings (SSSR count). The summed E-state index contributed by atoms with van der Waals surface area (Å²) in [4.78, 5) is 8.11. The number of halogens is 2. The van der Waals surface area contributed by atoms with Crippen molar-refractivity contribution in [3.05, 3.63) is 63.5 Å². The Bertz CT molecular complexity index is 743. The number of hydrogen-bond acceptors (Lipinski definition) is 5. The van der Waals surface area contributed by atoms with Crippen LogP contribution < -0.4 is 15.2 Å². The van der Waals surface area contributed by atoms with Gasteiger partial charge in [0.25, 0.3) is 0 Å². The molecule has 0 spiro atoms. The van der Waals surface area contributed by atoms with E-state index in [9.17, 15) is 0 Å². The van der Waals surface area contributed by atoms with Crippen LogP contribution >= 0.6 is 31.9 Å². The SMILES string of the molecule is Nc1nc(Oc2ccc(Br)cc2)cc(Oc2ccc(Br)cc2)n1. The predicted molar refractivity (Wildman–Crippen MR) is 94.9 cm³/mol. The molecule has 0 aliphatic heterocycles. The molecule has 23 heavy (non-hydrogen) atoms. The van der Waals surface area contributed by atoms with Gasteiger partial charge in [0.05, 0.1) is 6.07 Å². The summed E-state index contributed by atoms with van der Waals surface area (Å²) in [5, 5.41) is 0. The number of nitrogen functional groups attached to an aromatic ring is 1. The van der Waals surface area contributed by atoms with Crippen molar-refractivity contribution in [1.82, 2.24) is 9.97 Å². The van der Waals surface area contributed by atoms with Crippen LogP contribution in [0.5, 0.6) is 23.3 Å². The van der Waals surface area contributed by atoms with Gasteiger partial charge in [0.15, 0.2) is 0 Å². The maximum atomic E-state index is 5.72. The molecule has 5 nitrogen and oxygen atoms in total. The van der Waals surface area contributed by atoms with Crippen LogP contribution in [0, 0.1) is 0 Å².